The van der Waals surface area contributed by atoms with E-state index in [2.05, 4.69) is 5.32 Å². The highest BCUT2D eigenvalue weighted by molar-refractivity contribution is 6.31. The molecule has 1 heterocycles. The second-order valence-corrected chi connectivity index (χ2v) is 6.65. The zero-order valence-electron chi connectivity index (χ0n) is 15.2. The molecule has 0 aliphatic rings. The number of hydrogen-bond acceptors (Lipinski definition) is 4. The number of furan rings is 1. The molecule has 0 spiro atoms. The molecule has 0 fully saturated rings. The molecule has 3 rings (SSSR count). The predicted octanol–water partition coefficient (Wildman–Crippen LogP) is 5.60. The van der Waals surface area contributed by atoms with Gasteiger partial charge in [0.05, 0.1) is 12.2 Å². The molecule has 0 saturated heterocycles. The molecule has 6 heteroatoms. The summed E-state index contributed by atoms with van der Waals surface area (Å²) in [7, 11) is 0. The van der Waals surface area contributed by atoms with Gasteiger partial charge in [0, 0.05) is 21.7 Å². The molecule has 5 nitrogen and oxygen atoms in total. The van der Waals surface area contributed by atoms with Crippen LogP contribution in [0.15, 0.2) is 46.9 Å². The third kappa shape index (κ3) is 4.31. The van der Waals surface area contributed by atoms with E-state index >= 15 is 0 Å². The second kappa shape index (κ2) is 8.27. The highest BCUT2D eigenvalue weighted by Gasteiger charge is 2.18. The maximum absolute atomic E-state index is 12.6. The number of carbonyl (C=O) groups excluding carboxylic acids is 2. The Bertz CT molecular complexity index is 976. The largest absolute Gasteiger partial charge is 0.462 e. The number of esters is 1. The number of nitrogens with one attached hydrogen (secondary N) is 1. The van der Waals surface area contributed by atoms with E-state index in [0.717, 1.165) is 23.8 Å². The summed E-state index contributed by atoms with van der Waals surface area (Å²) in [5.74, 6) is -0.500. The van der Waals surface area contributed by atoms with E-state index in [9.17, 15) is 9.59 Å². The molecule has 27 heavy (non-hydrogen) atoms. The zero-order chi connectivity index (χ0) is 19.4. The minimum Gasteiger partial charge on any atom is -0.462 e. The summed E-state index contributed by atoms with van der Waals surface area (Å²) in [5, 5.41) is 4.16. The number of benzene rings is 2. The lowest BCUT2D eigenvalue weighted by Gasteiger charge is -2.06. The van der Waals surface area contributed by atoms with Crippen molar-refractivity contribution < 1.29 is 18.7 Å². The Morgan fingerprint density at radius 2 is 1.89 bits per heavy atom. The lowest BCUT2D eigenvalue weighted by atomic mass is 10.1. The molecule has 2 aromatic carbocycles. The Labute approximate surface area is 162 Å². The van der Waals surface area contributed by atoms with Gasteiger partial charge in [-0.2, -0.15) is 0 Å². The highest BCUT2D eigenvalue weighted by atomic mass is 35.5. The van der Waals surface area contributed by atoms with Gasteiger partial charge >= 0.3 is 5.97 Å². The summed E-state index contributed by atoms with van der Waals surface area (Å²) >= 11 is 6.01. The fraction of sp³-hybridized carbons (Fsp3) is 0.238. The Balaban J connectivity index is 1.71. The van der Waals surface area contributed by atoms with Gasteiger partial charge in [0.25, 0.3) is 5.91 Å². The third-order valence-electron chi connectivity index (χ3n) is 4.21. The molecule has 0 radical (unpaired) electrons. The van der Waals surface area contributed by atoms with Crippen LogP contribution in [0.4, 0.5) is 5.69 Å². The fourth-order valence-electron chi connectivity index (χ4n) is 2.68. The SMILES string of the molecule is CCCCOC(=O)c1ccc(NC(=O)c2oc3ccc(Cl)cc3c2C)cc1. The fourth-order valence-corrected chi connectivity index (χ4v) is 2.85. The van der Waals surface area contributed by atoms with Crippen LogP contribution in [0.5, 0.6) is 0 Å². The standard InChI is InChI=1S/C21H20ClNO4/c1-3-4-11-26-21(25)14-5-8-16(9-6-14)23-20(24)19-13(2)17-12-15(22)7-10-18(17)27-19/h5-10,12H,3-4,11H2,1-2H3,(H,23,24). The van der Waals surface area contributed by atoms with E-state index in [1.54, 1.807) is 42.5 Å². The molecule has 3 aromatic rings. The first-order chi connectivity index (χ1) is 13.0. The van der Waals surface area contributed by atoms with Crippen molar-refractivity contribution in [3.8, 4) is 0 Å². The van der Waals surface area contributed by atoms with Crippen molar-refractivity contribution in [3.63, 3.8) is 0 Å². The predicted molar refractivity (Wildman–Crippen MR) is 106 cm³/mol. The van der Waals surface area contributed by atoms with Gasteiger partial charge in [-0.3, -0.25) is 4.79 Å². The van der Waals surface area contributed by atoms with Crippen LogP contribution < -0.4 is 5.32 Å². The number of hydrogen-bond donors (Lipinski definition) is 1. The number of halogens is 1. The van der Waals surface area contributed by atoms with E-state index in [1.165, 1.54) is 0 Å². The first-order valence-electron chi connectivity index (χ1n) is 8.76. The van der Waals surface area contributed by atoms with E-state index in [0.29, 0.717) is 28.5 Å². The van der Waals surface area contributed by atoms with E-state index in [-0.39, 0.29) is 17.6 Å². The van der Waals surface area contributed by atoms with Crippen LogP contribution in [-0.2, 0) is 4.74 Å². The van der Waals surface area contributed by atoms with Crippen LogP contribution in [0.25, 0.3) is 11.0 Å². The van der Waals surface area contributed by atoms with Crippen molar-refractivity contribution in [1.29, 1.82) is 0 Å². The number of rotatable bonds is 6. The minimum atomic E-state index is -0.369. The first kappa shape index (κ1) is 19.0. The number of unbranched alkanes of at least 4 members (excludes halogenated alkanes) is 1. The lowest BCUT2D eigenvalue weighted by Crippen LogP contribution is -2.12. The molecule has 0 saturated carbocycles. The molecule has 0 bridgehead atoms. The topological polar surface area (TPSA) is 68.5 Å². The number of fused-ring (bicyclic) bond motifs is 1. The number of carbonyl (C=O) groups is 2. The molecular weight excluding hydrogens is 366 g/mol. The Morgan fingerprint density at radius 3 is 2.59 bits per heavy atom. The highest BCUT2D eigenvalue weighted by Crippen LogP contribution is 2.28. The van der Waals surface area contributed by atoms with Gasteiger partial charge < -0.3 is 14.5 Å². The molecule has 140 valence electrons. The number of aryl methyl sites for hydroxylation is 1. The van der Waals surface area contributed by atoms with Crippen LogP contribution in [0, 0.1) is 6.92 Å². The van der Waals surface area contributed by atoms with Gasteiger partial charge in [0.15, 0.2) is 5.76 Å². The van der Waals surface area contributed by atoms with E-state index in [1.807, 2.05) is 13.8 Å². The summed E-state index contributed by atoms with van der Waals surface area (Å²) in [5.41, 5.74) is 2.33. The van der Waals surface area contributed by atoms with Crippen LogP contribution in [0.1, 0.15) is 46.2 Å². The van der Waals surface area contributed by atoms with Crippen LogP contribution in [0.2, 0.25) is 5.02 Å². The summed E-state index contributed by atoms with van der Waals surface area (Å²) in [6.07, 6.45) is 1.80. The smallest absolute Gasteiger partial charge is 0.338 e. The molecular formula is C21H20ClNO4. The van der Waals surface area contributed by atoms with E-state index < -0.39 is 0 Å². The van der Waals surface area contributed by atoms with Crippen molar-refractivity contribution in [3.05, 3.63) is 64.4 Å². The summed E-state index contributed by atoms with van der Waals surface area (Å²) in [6, 6.07) is 11.8. The summed E-state index contributed by atoms with van der Waals surface area (Å²) in [6.45, 7) is 4.25. The van der Waals surface area contributed by atoms with Gasteiger partial charge in [-0.15, -0.1) is 0 Å². The maximum Gasteiger partial charge on any atom is 0.338 e. The van der Waals surface area contributed by atoms with Crippen molar-refractivity contribution in [2.75, 3.05) is 11.9 Å². The molecule has 1 amide bonds. The maximum atomic E-state index is 12.6. The van der Waals surface area contributed by atoms with Gasteiger partial charge in [-0.1, -0.05) is 24.9 Å². The average Bonchev–Trinajstić information content (AvgIpc) is 2.99. The quantitative estimate of drug-likeness (QED) is 0.442. The van der Waals surface area contributed by atoms with Crippen molar-refractivity contribution in [1.82, 2.24) is 0 Å². The lowest BCUT2D eigenvalue weighted by molar-refractivity contribution is 0.0499. The summed E-state index contributed by atoms with van der Waals surface area (Å²) < 4.78 is 10.8. The Hall–Kier alpha value is -2.79. The zero-order valence-corrected chi connectivity index (χ0v) is 15.9. The van der Waals surface area contributed by atoms with Crippen LogP contribution in [-0.4, -0.2) is 18.5 Å². The number of anilines is 1. The molecule has 1 N–H and O–H groups in total. The third-order valence-corrected chi connectivity index (χ3v) is 4.45. The number of amides is 1. The van der Waals surface area contributed by atoms with Gasteiger partial charge in [-0.05, 0) is 55.8 Å². The Kier molecular flexibility index (Phi) is 5.81. The Morgan fingerprint density at radius 1 is 1.15 bits per heavy atom. The normalized spacial score (nSPS) is 10.8. The number of ether oxygens (including phenoxy) is 1. The van der Waals surface area contributed by atoms with Crippen LogP contribution >= 0.6 is 11.6 Å². The van der Waals surface area contributed by atoms with Gasteiger partial charge in [-0.25, -0.2) is 4.79 Å². The molecule has 1 aromatic heterocycles. The first-order valence-corrected chi connectivity index (χ1v) is 9.14. The molecule has 0 aliphatic carbocycles. The van der Waals surface area contributed by atoms with Gasteiger partial charge in [0.1, 0.15) is 5.58 Å². The van der Waals surface area contributed by atoms with Gasteiger partial charge in [0.2, 0.25) is 0 Å². The molecule has 0 aliphatic heterocycles. The summed E-state index contributed by atoms with van der Waals surface area (Å²) in [4.78, 5) is 24.5. The monoisotopic (exact) mass is 385 g/mol. The average molecular weight is 386 g/mol. The van der Waals surface area contributed by atoms with E-state index in [4.69, 9.17) is 20.8 Å². The second-order valence-electron chi connectivity index (χ2n) is 6.22. The van der Waals surface area contributed by atoms with Crippen molar-refractivity contribution in [2.45, 2.75) is 26.7 Å². The van der Waals surface area contributed by atoms with Crippen LogP contribution in [0.3, 0.4) is 0 Å². The molecule has 0 atom stereocenters. The molecule has 0 unspecified atom stereocenters. The van der Waals surface area contributed by atoms with Crippen molar-refractivity contribution in [2.24, 2.45) is 0 Å². The minimum absolute atomic E-state index is 0.232. The van der Waals surface area contributed by atoms with Crippen molar-refractivity contribution >= 4 is 40.1 Å².